The lowest BCUT2D eigenvalue weighted by Crippen LogP contribution is -2.30. The minimum absolute atomic E-state index is 0.114. The molecular formula is C14H24N2O4S. The standard InChI is InChI=1S/C14H24N2O4S/c1-12(11-19-2)10-16-21(17,18)14-6-4-13(5-7-14)20-9-3-8-15/h4-7,12,16H,3,8-11,15H2,1-2H3. The maximum absolute atomic E-state index is 12.1. The van der Waals surface area contributed by atoms with Gasteiger partial charge in [0.1, 0.15) is 5.75 Å². The van der Waals surface area contributed by atoms with E-state index in [0.717, 1.165) is 6.42 Å². The fourth-order valence-electron chi connectivity index (χ4n) is 1.67. The SMILES string of the molecule is COCC(C)CNS(=O)(=O)c1ccc(OCCCN)cc1. The third-order valence-electron chi connectivity index (χ3n) is 2.82. The number of nitrogens with two attached hydrogens (primary N) is 1. The molecule has 0 heterocycles. The summed E-state index contributed by atoms with van der Waals surface area (Å²) in [4.78, 5) is 0.221. The second kappa shape index (κ2) is 8.99. The van der Waals surface area contributed by atoms with Gasteiger partial charge in [0.2, 0.25) is 10.0 Å². The Morgan fingerprint density at radius 2 is 1.95 bits per heavy atom. The molecule has 7 heteroatoms. The average Bonchev–Trinajstić information content (AvgIpc) is 2.46. The van der Waals surface area contributed by atoms with Crippen molar-refractivity contribution in [1.29, 1.82) is 0 Å². The van der Waals surface area contributed by atoms with Crippen molar-refractivity contribution >= 4 is 10.0 Å². The molecule has 0 spiro atoms. The van der Waals surface area contributed by atoms with Crippen LogP contribution in [0.2, 0.25) is 0 Å². The molecule has 0 aliphatic rings. The lowest BCUT2D eigenvalue weighted by molar-refractivity contribution is 0.161. The van der Waals surface area contributed by atoms with Crippen LogP contribution in [0.3, 0.4) is 0 Å². The summed E-state index contributed by atoms with van der Waals surface area (Å²) in [5.74, 6) is 0.749. The third kappa shape index (κ3) is 6.43. The molecule has 0 amide bonds. The zero-order valence-corrected chi connectivity index (χ0v) is 13.4. The Bertz CT molecular complexity index is 502. The second-order valence-electron chi connectivity index (χ2n) is 4.87. The maximum atomic E-state index is 12.1. The number of benzene rings is 1. The summed E-state index contributed by atoms with van der Waals surface area (Å²) in [6, 6.07) is 6.34. The van der Waals surface area contributed by atoms with Gasteiger partial charge in [0, 0.05) is 20.3 Å². The van der Waals surface area contributed by atoms with E-state index in [2.05, 4.69) is 4.72 Å². The van der Waals surface area contributed by atoms with E-state index >= 15 is 0 Å². The Morgan fingerprint density at radius 1 is 1.29 bits per heavy atom. The molecule has 21 heavy (non-hydrogen) atoms. The molecule has 6 nitrogen and oxygen atoms in total. The lowest BCUT2D eigenvalue weighted by atomic mass is 10.2. The summed E-state index contributed by atoms with van der Waals surface area (Å²) in [5.41, 5.74) is 5.38. The van der Waals surface area contributed by atoms with Gasteiger partial charge in [0.05, 0.1) is 11.5 Å². The minimum Gasteiger partial charge on any atom is -0.494 e. The summed E-state index contributed by atoms with van der Waals surface area (Å²) in [6.45, 7) is 3.85. The van der Waals surface area contributed by atoms with Crippen molar-refractivity contribution in [1.82, 2.24) is 4.72 Å². The monoisotopic (exact) mass is 316 g/mol. The highest BCUT2D eigenvalue weighted by Crippen LogP contribution is 2.16. The molecule has 120 valence electrons. The van der Waals surface area contributed by atoms with E-state index in [4.69, 9.17) is 15.2 Å². The van der Waals surface area contributed by atoms with Crippen LogP contribution in [0.15, 0.2) is 29.2 Å². The van der Waals surface area contributed by atoms with Gasteiger partial charge < -0.3 is 15.2 Å². The maximum Gasteiger partial charge on any atom is 0.240 e. The minimum atomic E-state index is -3.50. The summed E-state index contributed by atoms with van der Waals surface area (Å²) < 4.78 is 37.2. The first kappa shape index (κ1) is 17.9. The number of nitrogens with one attached hydrogen (secondary N) is 1. The summed E-state index contributed by atoms with van der Waals surface area (Å²) in [7, 11) is -1.91. The largest absolute Gasteiger partial charge is 0.494 e. The smallest absolute Gasteiger partial charge is 0.240 e. The molecular weight excluding hydrogens is 292 g/mol. The van der Waals surface area contributed by atoms with E-state index in [9.17, 15) is 8.42 Å². The van der Waals surface area contributed by atoms with Crippen molar-refractivity contribution in [2.45, 2.75) is 18.2 Å². The summed E-state index contributed by atoms with van der Waals surface area (Å²) >= 11 is 0. The van der Waals surface area contributed by atoms with Gasteiger partial charge in [-0.1, -0.05) is 6.92 Å². The highest BCUT2D eigenvalue weighted by molar-refractivity contribution is 7.89. The third-order valence-corrected chi connectivity index (χ3v) is 4.26. The predicted octanol–water partition coefficient (Wildman–Crippen LogP) is 0.975. The molecule has 0 aliphatic carbocycles. The van der Waals surface area contributed by atoms with Crippen LogP contribution in [0.25, 0.3) is 0 Å². The number of hydrogen-bond acceptors (Lipinski definition) is 5. The van der Waals surface area contributed by atoms with Crippen LogP contribution in [0.1, 0.15) is 13.3 Å². The average molecular weight is 316 g/mol. The van der Waals surface area contributed by atoms with Crippen molar-refractivity contribution in [2.75, 3.05) is 33.4 Å². The van der Waals surface area contributed by atoms with Crippen molar-refractivity contribution in [3.8, 4) is 5.75 Å². The first-order valence-corrected chi connectivity index (χ1v) is 8.39. The van der Waals surface area contributed by atoms with Gasteiger partial charge in [0.15, 0.2) is 0 Å². The second-order valence-corrected chi connectivity index (χ2v) is 6.64. The number of ether oxygens (including phenoxy) is 2. The molecule has 1 unspecified atom stereocenters. The molecule has 3 N–H and O–H groups in total. The van der Waals surface area contributed by atoms with E-state index in [1.54, 1.807) is 19.2 Å². The Labute approximate surface area is 126 Å². The Hall–Kier alpha value is -1.15. The zero-order valence-electron chi connectivity index (χ0n) is 12.5. The number of sulfonamides is 1. The van der Waals surface area contributed by atoms with Gasteiger partial charge >= 0.3 is 0 Å². The topological polar surface area (TPSA) is 90.6 Å². The Morgan fingerprint density at radius 3 is 2.52 bits per heavy atom. The molecule has 0 bridgehead atoms. The van der Waals surface area contributed by atoms with E-state index in [1.165, 1.54) is 12.1 Å². The first-order valence-electron chi connectivity index (χ1n) is 6.91. The fraction of sp³-hybridized carbons (Fsp3) is 0.571. The van der Waals surface area contributed by atoms with Gasteiger partial charge in [-0.25, -0.2) is 13.1 Å². The number of hydrogen-bond donors (Lipinski definition) is 2. The van der Waals surface area contributed by atoms with E-state index in [0.29, 0.717) is 32.1 Å². The van der Waals surface area contributed by atoms with Crippen LogP contribution in [-0.2, 0) is 14.8 Å². The Kier molecular flexibility index (Phi) is 7.66. The molecule has 1 rings (SSSR count). The predicted molar refractivity (Wildman–Crippen MR) is 81.8 cm³/mol. The van der Waals surface area contributed by atoms with Gasteiger partial charge in [-0.05, 0) is 43.1 Å². The van der Waals surface area contributed by atoms with Gasteiger partial charge in [-0.15, -0.1) is 0 Å². The molecule has 0 saturated heterocycles. The molecule has 0 fully saturated rings. The molecule has 0 aromatic heterocycles. The van der Waals surface area contributed by atoms with Gasteiger partial charge in [-0.3, -0.25) is 0 Å². The van der Waals surface area contributed by atoms with Gasteiger partial charge in [-0.2, -0.15) is 0 Å². The summed E-state index contributed by atoms with van der Waals surface area (Å²) in [5, 5.41) is 0. The van der Waals surface area contributed by atoms with Crippen LogP contribution in [0.4, 0.5) is 0 Å². The highest BCUT2D eigenvalue weighted by Gasteiger charge is 2.15. The molecule has 0 aliphatic heterocycles. The quantitative estimate of drug-likeness (QED) is 0.628. The van der Waals surface area contributed by atoms with Crippen molar-refractivity contribution in [3.05, 3.63) is 24.3 Å². The van der Waals surface area contributed by atoms with Crippen molar-refractivity contribution in [3.63, 3.8) is 0 Å². The van der Waals surface area contributed by atoms with Crippen molar-refractivity contribution < 1.29 is 17.9 Å². The van der Waals surface area contributed by atoms with Crippen LogP contribution in [0.5, 0.6) is 5.75 Å². The zero-order chi connectivity index (χ0) is 15.7. The van der Waals surface area contributed by atoms with E-state index in [-0.39, 0.29) is 10.8 Å². The van der Waals surface area contributed by atoms with E-state index in [1.807, 2.05) is 6.92 Å². The number of methoxy groups -OCH3 is 1. The summed E-state index contributed by atoms with van der Waals surface area (Å²) in [6.07, 6.45) is 0.763. The lowest BCUT2D eigenvalue weighted by Gasteiger charge is -2.12. The van der Waals surface area contributed by atoms with Gasteiger partial charge in [0.25, 0.3) is 0 Å². The van der Waals surface area contributed by atoms with Crippen LogP contribution in [-0.4, -0.2) is 41.8 Å². The molecule has 0 saturated carbocycles. The highest BCUT2D eigenvalue weighted by atomic mass is 32.2. The normalized spacial score (nSPS) is 13.1. The molecule has 1 aromatic carbocycles. The van der Waals surface area contributed by atoms with E-state index < -0.39 is 10.0 Å². The molecule has 0 radical (unpaired) electrons. The Balaban J connectivity index is 2.58. The fourth-order valence-corrected chi connectivity index (χ4v) is 2.83. The first-order chi connectivity index (χ1) is 9.99. The number of rotatable bonds is 10. The van der Waals surface area contributed by atoms with Crippen molar-refractivity contribution in [2.24, 2.45) is 11.7 Å². The molecule has 1 aromatic rings. The van der Waals surface area contributed by atoms with Crippen LogP contribution >= 0.6 is 0 Å². The molecule has 1 atom stereocenters. The van der Waals surface area contributed by atoms with Crippen LogP contribution in [0, 0.1) is 5.92 Å². The van der Waals surface area contributed by atoms with Crippen LogP contribution < -0.4 is 15.2 Å².